The van der Waals surface area contributed by atoms with Gasteiger partial charge < -0.3 is 9.32 Å². The van der Waals surface area contributed by atoms with Crippen LogP contribution in [0.3, 0.4) is 0 Å². The third kappa shape index (κ3) is 3.64. The molecule has 0 radical (unpaired) electrons. The summed E-state index contributed by atoms with van der Waals surface area (Å²) < 4.78 is 5.37. The second kappa shape index (κ2) is 6.76. The number of carbonyl (C=O) groups is 1. The fourth-order valence-corrected chi connectivity index (χ4v) is 2.23. The first-order valence-electron chi connectivity index (χ1n) is 6.93. The van der Waals surface area contributed by atoms with Crippen LogP contribution in [0.4, 0.5) is 0 Å². The van der Waals surface area contributed by atoms with E-state index in [-0.39, 0.29) is 11.9 Å². The number of hydrogen-bond donors (Lipinski definition) is 0. The van der Waals surface area contributed by atoms with Gasteiger partial charge in [0.1, 0.15) is 5.76 Å². The smallest absolute Gasteiger partial charge is 0.256 e. The van der Waals surface area contributed by atoms with Crippen LogP contribution in [0.25, 0.3) is 0 Å². The maximum Gasteiger partial charge on any atom is 0.256 e. The average Bonchev–Trinajstić information content (AvgIpc) is 2.97. The highest BCUT2D eigenvalue weighted by atomic mass is 35.5. The summed E-state index contributed by atoms with van der Waals surface area (Å²) in [6.45, 7) is 6.62. The molecule has 0 fully saturated rings. The van der Waals surface area contributed by atoms with Crippen molar-refractivity contribution in [3.63, 3.8) is 0 Å². The molecule has 5 heteroatoms. The zero-order valence-electron chi connectivity index (χ0n) is 12.4. The van der Waals surface area contributed by atoms with Crippen LogP contribution in [-0.2, 0) is 6.54 Å². The lowest BCUT2D eigenvalue weighted by Crippen LogP contribution is -2.41. The van der Waals surface area contributed by atoms with Crippen LogP contribution in [0.15, 0.2) is 41.3 Å². The van der Waals surface area contributed by atoms with E-state index in [9.17, 15) is 4.79 Å². The summed E-state index contributed by atoms with van der Waals surface area (Å²) in [5.74, 6) is 0.963. The normalized spacial score (nSPS) is 12.4. The number of halogens is 1. The summed E-state index contributed by atoms with van der Waals surface area (Å²) in [4.78, 5) is 18.5. The van der Waals surface area contributed by atoms with Gasteiger partial charge in [0.2, 0.25) is 0 Å². The fourth-order valence-electron chi connectivity index (χ4n) is 2.03. The van der Waals surface area contributed by atoms with Gasteiger partial charge in [0.15, 0.2) is 0 Å². The number of rotatable bonds is 5. The highest BCUT2D eigenvalue weighted by Crippen LogP contribution is 2.22. The summed E-state index contributed by atoms with van der Waals surface area (Å²) in [5.41, 5.74) is 0.464. The lowest BCUT2D eigenvalue weighted by molar-refractivity contribution is 0.0611. The molecule has 0 unspecified atom stereocenters. The predicted octanol–water partition coefficient (Wildman–Crippen LogP) is 4.01. The van der Waals surface area contributed by atoms with E-state index in [2.05, 4.69) is 18.8 Å². The Hall–Kier alpha value is -1.81. The summed E-state index contributed by atoms with van der Waals surface area (Å²) in [6, 6.07) is 5.39. The van der Waals surface area contributed by atoms with Crippen LogP contribution in [0.2, 0.25) is 5.02 Å². The molecule has 0 N–H and O–H groups in total. The molecule has 4 nitrogen and oxygen atoms in total. The summed E-state index contributed by atoms with van der Waals surface area (Å²) in [5, 5.41) is 0.364. The lowest BCUT2D eigenvalue weighted by atomic mass is 10.0. The third-order valence-electron chi connectivity index (χ3n) is 3.63. The van der Waals surface area contributed by atoms with Gasteiger partial charge in [-0.25, -0.2) is 0 Å². The van der Waals surface area contributed by atoms with E-state index in [0.717, 1.165) is 5.76 Å². The van der Waals surface area contributed by atoms with Crippen molar-refractivity contribution in [1.82, 2.24) is 9.88 Å². The molecule has 112 valence electrons. The largest absolute Gasteiger partial charge is 0.467 e. The molecule has 21 heavy (non-hydrogen) atoms. The Morgan fingerprint density at radius 1 is 1.38 bits per heavy atom. The molecular formula is C16H19ClN2O2. The van der Waals surface area contributed by atoms with Crippen molar-refractivity contribution in [2.45, 2.75) is 33.4 Å². The second-order valence-corrected chi connectivity index (χ2v) is 5.76. The van der Waals surface area contributed by atoms with Crippen LogP contribution in [0.1, 0.15) is 36.9 Å². The Morgan fingerprint density at radius 2 is 2.14 bits per heavy atom. The molecule has 2 aromatic rings. The van der Waals surface area contributed by atoms with Crippen LogP contribution >= 0.6 is 11.6 Å². The van der Waals surface area contributed by atoms with Crippen molar-refractivity contribution in [1.29, 1.82) is 0 Å². The summed E-state index contributed by atoms with van der Waals surface area (Å²) in [7, 11) is 0. The Balaban J connectivity index is 2.30. The summed E-state index contributed by atoms with van der Waals surface area (Å²) in [6.07, 6.45) is 4.67. The topological polar surface area (TPSA) is 46.3 Å². The van der Waals surface area contributed by atoms with E-state index in [4.69, 9.17) is 16.0 Å². The van der Waals surface area contributed by atoms with Crippen LogP contribution in [-0.4, -0.2) is 21.8 Å². The van der Waals surface area contributed by atoms with Gasteiger partial charge in [-0.05, 0) is 31.0 Å². The molecule has 0 saturated heterocycles. The van der Waals surface area contributed by atoms with Gasteiger partial charge in [-0.3, -0.25) is 9.78 Å². The fraction of sp³-hybridized carbons (Fsp3) is 0.375. The Morgan fingerprint density at radius 3 is 2.71 bits per heavy atom. The van der Waals surface area contributed by atoms with E-state index < -0.39 is 0 Å². The van der Waals surface area contributed by atoms with Gasteiger partial charge in [0, 0.05) is 18.4 Å². The molecule has 2 rings (SSSR count). The van der Waals surface area contributed by atoms with E-state index in [0.29, 0.717) is 23.0 Å². The first kappa shape index (κ1) is 15.6. The first-order valence-corrected chi connectivity index (χ1v) is 7.31. The van der Waals surface area contributed by atoms with Crippen molar-refractivity contribution >= 4 is 17.5 Å². The van der Waals surface area contributed by atoms with Crippen LogP contribution < -0.4 is 0 Å². The van der Waals surface area contributed by atoms with E-state index >= 15 is 0 Å². The lowest BCUT2D eigenvalue weighted by Gasteiger charge is -2.31. The van der Waals surface area contributed by atoms with Crippen molar-refractivity contribution in [3.8, 4) is 0 Å². The van der Waals surface area contributed by atoms with Crippen molar-refractivity contribution < 1.29 is 9.21 Å². The quantitative estimate of drug-likeness (QED) is 0.838. The van der Waals surface area contributed by atoms with E-state index in [1.54, 1.807) is 23.4 Å². The number of nitrogens with zero attached hydrogens (tertiary/aromatic N) is 2. The van der Waals surface area contributed by atoms with Crippen molar-refractivity contribution in [2.75, 3.05) is 0 Å². The molecule has 0 saturated carbocycles. The van der Waals surface area contributed by atoms with Gasteiger partial charge in [0.05, 0.1) is 23.4 Å². The highest BCUT2D eigenvalue weighted by Gasteiger charge is 2.26. The Bertz CT molecular complexity index is 596. The average molecular weight is 307 g/mol. The standard InChI is InChI=1S/C16H19ClN2O2/c1-11(2)12(3)19(10-13-5-4-8-21-13)16(20)14-6-7-18-9-15(14)17/h4-9,11-12H,10H2,1-3H3/t12-/m0/s1. The molecule has 2 aromatic heterocycles. The molecule has 0 aromatic carbocycles. The molecule has 2 heterocycles. The van der Waals surface area contributed by atoms with Gasteiger partial charge in [0.25, 0.3) is 5.91 Å². The summed E-state index contributed by atoms with van der Waals surface area (Å²) >= 11 is 6.10. The number of amides is 1. The number of hydrogen-bond acceptors (Lipinski definition) is 3. The molecular weight excluding hydrogens is 288 g/mol. The number of carbonyl (C=O) groups excluding carboxylic acids is 1. The van der Waals surface area contributed by atoms with Crippen molar-refractivity contribution in [3.05, 3.63) is 53.2 Å². The second-order valence-electron chi connectivity index (χ2n) is 5.35. The molecule has 0 bridgehead atoms. The minimum absolute atomic E-state index is 0.0619. The molecule has 1 amide bonds. The Kier molecular flexibility index (Phi) is 5.02. The maximum absolute atomic E-state index is 12.8. The first-order chi connectivity index (χ1) is 10.0. The molecule has 0 aliphatic carbocycles. The van der Waals surface area contributed by atoms with E-state index in [1.807, 2.05) is 19.1 Å². The predicted molar refractivity (Wildman–Crippen MR) is 82.1 cm³/mol. The molecule has 1 atom stereocenters. The Labute approximate surface area is 129 Å². The SMILES string of the molecule is CC(C)[C@H](C)N(Cc1ccco1)C(=O)c1ccncc1Cl. The maximum atomic E-state index is 12.8. The van der Waals surface area contributed by atoms with Gasteiger partial charge >= 0.3 is 0 Å². The van der Waals surface area contributed by atoms with Crippen LogP contribution in [0.5, 0.6) is 0 Å². The minimum Gasteiger partial charge on any atom is -0.467 e. The van der Waals surface area contributed by atoms with Gasteiger partial charge in [-0.1, -0.05) is 25.4 Å². The number of furan rings is 1. The van der Waals surface area contributed by atoms with Crippen molar-refractivity contribution in [2.24, 2.45) is 5.92 Å². The van der Waals surface area contributed by atoms with Gasteiger partial charge in [-0.2, -0.15) is 0 Å². The molecule has 0 spiro atoms. The van der Waals surface area contributed by atoms with Crippen LogP contribution in [0, 0.1) is 5.92 Å². The molecule has 0 aliphatic heterocycles. The van der Waals surface area contributed by atoms with Gasteiger partial charge in [-0.15, -0.1) is 0 Å². The zero-order chi connectivity index (χ0) is 15.4. The van der Waals surface area contributed by atoms with E-state index in [1.165, 1.54) is 6.20 Å². The number of aromatic nitrogens is 1. The minimum atomic E-state index is -0.111. The monoisotopic (exact) mass is 306 g/mol. The third-order valence-corrected chi connectivity index (χ3v) is 3.93. The molecule has 0 aliphatic rings. The highest BCUT2D eigenvalue weighted by molar-refractivity contribution is 6.33. The zero-order valence-corrected chi connectivity index (χ0v) is 13.2. The number of pyridine rings is 1.